The van der Waals surface area contributed by atoms with E-state index in [0.717, 1.165) is 28.1 Å². The summed E-state index contributed by atoms with van der Waals surface area (Å²) >= 11 is 9.47. The highest BCUT2D eigenvalue weighted by Crippen LogP contribution is 2.29. The van der Waals surface area contributed by atoms with Crippen LogP contribution in [-0.2, 0) is 13.5 Å². The predicted molar refractivity (Wildman–Crippen MR) is 74.6 cm³/mol. The minimum Gasteiger partial charge on any atom is -0.384 e. The number of aromatic nitrogens is 2. The lowest BCUT2D eigenvalue weighted by atomic mass is 10.2. The van der Waals surface area contributed by atoms with E-state index >= 15 is 0 Å². The third-order valence-electron chi connectivity index (χ3n) is 2.44. The van der Waals surface area contributed by atoms with Crippen LogP contribution in [0.1, 0.15) is 5.56 Å². The van der Waals surface area contributed by atoms with Crippen molar-refractivity contribution in [3.05, 3.63) is 45.7 Å². The smallest absolute Gasteiger partial charge is 0.0593 e. The molecule has 1 heterocycles. The Labute approximate surface area is 114 Å². The van der Waals surface area contributed by atoms with Gasteiger partial charge in [0.05, 0.1) is 15.7 Å². The molecule has 0 aliphatic carbocycles. The first-order valence-electron chi connectivity index (χ1n) is 5.32. The van der Waals surface area contributed by atoms with E-state index in [1.54, 1.807) is 0 Å². The summed E-state index contributed by atoms with van der Waals surface area (Å²) in [6.45, 7) is 0.852. The molecule has 0 amide bonds. The Morgan fingerprint density at radius 2 is 2.29 bits per heavy atom. The summed E-state index contributed by atoms with van der Waals surface area (Å²) in [4.78, 5) is 0. The van der Waals surface area contributed by atoms with E-state index in [1.165, 1.54) is 5.56 Å². The number of nitrogens with zero attached hydrogens (tertiary/aromatic N) is 2. The molecule has 2 aromatic rings. The zero-order chi connectivity index (χ0) is 12.3. The SMILES string of the molecule is Cn1cc(CCNc2cccc(Cl)c2Br)cn1. The van der Waals surface area contributed by atoms with Gasteiger partial charge in [-0.15, -0.1) is 0 Å². The van der Waals surface area contributed by atoms with Gasteiger partial charge in [0.2, 0.25) is 0 Å². The molecule has 0 unspecified atom stereocenters. The lowest BCUT2D eigenvalue weighted by molar-refractivity contribution is 0.767. The number of rotatable bonds is 4. The number of anilines is 1. The van der Waals surface area contributed by atoms with Gasteiger partial charge in [-0.1, -0.05) is 17.7 Å². The van der Waals surface area contributed by atoms with Crippen molar-refractivity contribution < 1.29 is 0 Å². The molecule has 0 saturated heterocycles. The molecule has 3 nitrogen and oxygen atoms in total. The summed E-state index contributed by atoms with van der Waals surface area (Å²) in [6, 6.07) is 5.79. The van der Waals surface area contributed by atoms with E-state index in [1.807, 2.05) is 42.3 Å². The zero-order valence-electron chi connectivity index (χ0n) is 9.45. The van der Waals surface area contributed by atoms with E-state index in [-0.39, 0.29) is 0 Å². The number of halogens is 2. The quantitative estimate of drug-likeness (QED) is 0.936. The summed E-state index contributed by atoms with van der Waals surface area (Å²) < 4.78 is 2.72. The Morgan fingerprint density at radius 3 is 3.00 bits per heavy atom. The number of benzene rings is 1. The van der Waals surface area contributed by atoms with Gasteiger partial charge in [-0.2, -0.15) is 5.10 Å². The molecule has 0 aliphatic heterocycles. The molecule has 0 saturated carbocycles. The summed E-state index contributed by atoms with van der Waals surface area (Å²) in [5.74, 6) is 0. The minimum atomic E-state index is 0.719. The maximum Gasteiger partial charge on any atom is 0.0593 e. The molecule has 1 aromatic carbocycles. The van der Waals surface area contributed by atoms with Crippen LogP contribution in [0.15, 0.2) is 35.1 Å². The molecule has 0 bridgehead atoms. The highest BCUT2D eigenvalue weighted by Gasteiger charge is 2.03. The average molecular weight is 315 g/mol. The van der Waals surface area contributed by atoms with Crippen LogP contribution in [0.3, 0.4) is 0 Å². The van der Waals surface area contributed by atoms with Crippen molar-refractivity contribution in [2.45, 2.75) is 6.42 Å². The van der Waals surface area contributed by atoms with E-state index in [9.17, 15) is 0 Å². The van der Waals surface area contributed by atoms with E-state index < -0.39 is 0 Å². The molecule has 90 valence electrons. The molecule has 5 heteroatoms. The van der Waals surface area contributed by atoms with Gasteiger partial charge in [0.1, 0.15) is 0 Å². The van der Waals surface area contributed by atoms with Crippen molar-refractivity contribution in [1.82, 2.24) is 9.78 Å². The third-order valence-corrected chi connectivity index (χ3v) is 3.84. The number of nitrogens with one attached hydrogen (secondary N) is 1. The van der Waals surface area contributed by atoms with Crippen LogP contribution in [0.5, 0.6) is 0 Å². The van der Waals surface area contributed by atoms with Gasteiger partial charge in [-0.25, -0.2) is 0 Å². The Balaban J connectivity index is 1.92. The van der Waals surface area contributed by atoms with Crippen molar-refractivity contribution in [1.29, 1.82) is 0 Å². The van der Waals surface area contributed by atoms with Gasteiger partial charge >= 0.3 is 0 Å². The van der Waals surface area contributed by atoms with Crippen molar-refractivity contribution in [3.8, 4) is 0 Å². The highest BCUT2D eigenvalue weighted by molar-refractivity contribution is 9.10. The molecule has 0 atom stereocenters. The predicted octanol–water partition coefficient (Wildman–Crippen LogP) is 3.49. The summed E-state index contributed by atoms with van der Waals surface area (Å²) in [7, 11) is 1.92. The normalized spacial score (nSPS) is 10.5. The molecule has 17 heavy (non-hydrogen) atoms. The van der Waals surface area contributed by atoms with Crippen LogP contribution in [0, 0.1) is 0 Å². The Bertz CT molecular complexity index is 510. The average Bonchev–Trinajstić information content (AvgIpc) is 2.70. The number of hydrogen-bond donors (Lipinski definition) is 1. The van der Waals surface area contributed by atoms with E-state index in [4.69, 9.17) is 11.6 Å². The molecule has 0 radical (unpaired) electrons. The van der Waals surface area contributed by atoms with Crippen LogP contribution in [0.25, 0.3) is 0 Å². The van der Waals surface area contributed by atoms with E-state index in [2.05, 4.69) is 26.3 Å². The molecule has 0 spiro atoms. The number of aryl methyl sites for hydroxylation is 1. The van der Waals surface area contributed by atoms with Crippen LogP contribution in [-0.4, -0.2) is 16.3 Å². The summed E-state index contributed by atoms with van der Waals surface area (Å²) in [5, 5.41) is 8.19. The highest BCUT2D eigenvalue weighted by atomic mass is 79.9. The Hall–Kier alpha value is -1.00. The number of hydrogen-bond acceptors (Lipinski definition) is 2. The van der Waals surface area contributed by atoms with E-state index in [0.29, 0.717) is 0 Å². The topological polar surface area (TPSA) is 29.9 Å². The maximum absolute atomic E-state index is 6.01. The molecule has 1 N–H and O–H groups in total. The molecule has 2 rings (SSSR count). The molecular weight excluding hydrogens is 302 g/mol. The second-order valence-electron chi connectivity index (χ2n) is 3.80. The minimum absolute atomic E-state index is 0.719. The van der Waals surface area contributed by atoms with Crippen LogP contribution >= 0.6 is 27.5 Å². The first-order chi connectivity index (χ1) is 8.16. The van der Waals surface area contributed by atoms with Crippen molar-refractivity contribution in [2.24, 2.45) is 7.05 Å². The lowest BCUT2D eigenvalue weighted by Crippen LogP contribution is -2.04. The molecule has 1 aromatic heterocycles. The van der Waals surface area contributed by atoms with Gasteiger partial charge in [0, 0.05) is 25.5 Å². The monoisotopic (exact) mass is 313 g/mol. The van der Waals surface area contributed by atoms with Crippen LogP contribution in [0.4, 0.5) is 5.69 Å². The largest absolute Gasteiger partial charge is 0.384 e. The van der Waals surface area contributed by atoms with Gasteiger partial charge in [-0.05, 0) is 40.0 Å². The Kier molecular flexibility index (Phi) is 4.07. The van der Waals surface area contributed by atoms with Gasteiger partial charge in [0.15, 0.2) is 0 Å². The second-order valence-corrected chi connectivity index (χ2v) is 5.00. The third kappa shape index (κ3) is 3.23. The van der Waals surface area contributed by atoms with Crippen molar-refractivity contribution in [2.75, 3.05) is 11.9 Å². The summed E-state index contributed by atoms with van der Waals surface area (Å²) in [6.07, 6.45) is 4.84. The van der Waals surface area contributed by atoms with Gasteiger partial charge in [0.25, 0.3) is 0 Å². The lowest BCUT2D eigenvalue weighted by Gasteiger charge is -2.08. The van der Waals surface area contributed by atoms with Crippen molar-refractivity contribution >= 4 is 33.2 Å². The van der Waals surface area contributed by atoms with Gasteiger partial charge < -0.3 is 5.32 Å². The first kappa shape index (κ1) is 12.5. The van der Waals surface area contributed by atoms with Crippen molar-refractivity contribution in [3.63, 3.8) is 0 Å². The molecule has 0 aliphatic rings. The van der Waals surface area contributed by atoms with Crippen LogP contribution in [0.2, 0.25) is 5.02 Å². The fourth-order valence-electron chi connectivity index (χ4n) is 1.58. The van der Waals surface area contributed by atoms with Gasteiger partial charge in [-0.3, -0.25) is 4.68 Å². The Morgan fingerprint density at radius 1 is 1.47 bits per heavy atom. The standard InChI is InChI=1S/C12H13BrClN3/c1-17-8-9(7-16-17)5-6-15-11-4-2-3-10(14)12(11)13/h2-4,7-8,15H,5-6H2,1H3. The first-order valence-corrected chi connectivity index (χ1v) is 6.49. The maximum atomic E-state index is 6.01. The zero-order valence-corrected chi connectivity index (χ0v) is 11.8. The fraction of sp³-hybridized carbons (Fsp3) is 0.250. The molecular formula is C12H13BrClN3. The second kappa shape index (κ2) is 5.56. The molecule has 0 fully saturated rings. The fourth-order valence-corrected chi connectivity index (χ4v) is 2.16. The van der Waals surface area contributed by atoms with Crippen LogP contribution < -0.4 is 5.32 Å². The summed E-state index contributed by atoms with van der Waals surface area (Å²) in [5.41, 5.74) is 2.24.